The molecule has 2 aromatic heterocycles. The maximum atomic E-state index is 12.5. The lowest BCUT2D eigenvalue weighted by molar-refractivity contribution is -0.113. The number of piperidine rings is 1. The second kappa shape index (κ2) is 10.6. The first kappa shape index (κ1) is 25.4. The average Bonchev–Trinajstić information content (AvgIpc) is 2.88. The van der Waals surface area contributed by atoms with Gasteiger partial charge in [0.05, 0.1) is 10.6 Å². The summed E-state index contributed by atoms with van der Waals surface area (Å²) in [6.45, 7) is 2.18. The van der Waals surface area contributed by atoms with Gasteiger partial charge in [-0.25, -0.2) is 23.1 Å². The van der Waals surface area contributed by atoms with Crippen molar-refractivity contribution in [1.29, 1.82) is 0 Å². The number of hydrogen-bond acceptors (Lipinski definition) is 8. The maximum Gasteiger partial charge on any atom is 0.264 e. The zero-order valence-electron chi connectivity index (χ0n) is 19.6. The van der Waals surface area contributed by atoms with Crippen LogP contribution < -0.4 is 15.6 Å². The Hall–Kier alpha value is -3.29. The summed E-state index contributed by atoms with van der Waals surface area (Å²) >= 11 is 6.93. The highest BCUT2D eigenvalue weighted by molar-refractivity contribution is 8.23. The van der Waals surface area contributed by atoms with Crippen LogP contribution in [0.3, 0.4) is 0 Å². The molecule has 4 heterocycles. The van der Waals surface area contributed by atoms with E-state index in [9.17, 15) is 18.0 Å². The molecule has 2 bridgehead atoms. The number of amides is 1. The molecule has 3 aromatic rings. The van der Waals surface area contributed by atoms with Gasteiger partial charge in [0.25, 0.3) is 15.6 Å². The van der Waals surface area contributed by atoms with Gasteiger partial charge in [0.2, 0.25) is 11.9 Å². The molecule has 2 aliphatic heterocycles. The summed E-state index contributed by atoms with van der Waals surface area (Å²) in [6.07, 6.45) is 3.91. The fourth-order valence-corrected chi connectivity index (χ4v) is 6.65. The summed E-state index contributed by atoms with van der Waals surface area (Å²) in [5.74, 6) is 0.451. The lowest BCUT2D eigenvalue weighted by Gasteiger charge is -2.43. The molecule has 0 spiro atoms. The van der Waals surface area contributed by atoms with E-state index in [-0.39, 0.29) is 34.0 Å². The topological polar surface area (TPSA) is 126 Å². The summed E-state index contributed by atoms with van der Waals surface area (Å²) in [5, 5.41) is 2.77. The van der Waals surface area contributed by atoms with E-state index in [1.165, 1.54) is 48.4 Å². The standard InChI is InChI=1S/C24H24N6O4S3/c31-21(27-18-5-7-19(8-6-18)37(33,34)28-23-25-9-2-10-26-23)15-36-24(35)29-12-16-11-17(14-29)20-3-1-4-22(32)30(20)13-16/h1-10,16-17H,11-15H2,(H,27,31)(H,25,26,28). The Morgan fingerprint density at radius 2 is 1.81 bits per heavy atom. The number of thiocarbonyl (C=S) groups is 1. The van der Waals surface area contributed by atoms with Crippen molar-refractivity contribution in [3.63, 3.8) is 0 Å². The molecule has 37 heavy (non-hydrogen) atoms. The Labute approximate surface area is 223 Å². The molecule has 1 aromatic carbocycles. The predicted molar refractivity (Wildman–Crippen MR) is 146 cm³/mol. The minimum atomic E-state index is -3.85. The van der Waals surface area contributed by atoms with E-state index in [0.29, 0.717) is 22.5 Å². The molecule has 0 radical (unpaired) electrons. The van der Waals surface area contributed by atoms with Crippen molar-refractivity contribution < 1.29 is 13.2 Å². The number of benzene rings is 1. The Bertz CT molecular complexity index is 1480. The van der Waals surface area contributed by atoms with E-state index in [1.54, 1.807) is 18.2 Å². The van der Waals surface area contributed by atoms with Crippen molar-refractivity contribution >= 4 is 55.9 Å². The van der Waals surface area contributed by atoms with Crippen LogP contribution in [0.25, 0.3) is 0 Å². The van der Waals surface area contributed by atoms with Crippen molar-refractivity contribution in [3.05, 3.63) is 77.0 Å². The third kappa shape index (κ3) is 5.84. The van der Waals surface area contributed by atoms with Gasteiger partial charge in [-0.3, -0.25) is 9.59 Å². The van der Waals surface area contributed by atoms with E-state index in [1.807, 2.05) is 10.6 Å². The van der Waals surface area contributed by atoms with Crippen molar-refractivity contribution in [2.45, 2.75) is 23.8 Å². The third-order valence-corrected chi connectivity index (χ3v) is 9.17. The summed E-state index contributed by atoms with van der Waals surface area (Å²) in [4.78, 5) is 34.6. The maximum absolute atomic E-state index is 12.5. The highest BCUT2D eigenvalue weighted by Crippen LogP contribution is 2.36. The second-order valence-corrected chi connectivity index (χ2v) is 12.2. The summed E-state index contributed by atoms with van der Waals surface area (Å²) < 4.78 is 29.8. The van der Waals surface area contributed by atoms with Crippen LogP contribution in [0.1, 0.15) is 18.0 Å². The van der Waals surface area contributed by atoms with Crippen molar-refractivity contribution in [2.75, 3.05) is 28.9 Å². The zero-order chi connectivity index (χ0) is 26.0. The minimum absolute atomic E-state index is 0.0213. The van der Waals surface area contributed by atoms with E-state index in [0.717, 1.165) is 25.2 Å². The van der Waals surface area contributed by atoms with Crippen LogP contribution in [-0.4, -0.2) is 56.9 Å². The van der Waals surface area contributed by atoms with Gasteiger partial charge >= 0.3 is 0 Å². The molecule has 0 aliphatic carbocycles. The molecule has 192 valence electrons. The van der Waals surface area contributed by atoms with Gasteiger partial charge in [-0.1, -0.05) is 30.0 Å². The molecule has 0 saturated carbocycles. The average molecular weight is 557 g/mol. The minimum Gasteiger partial charge on any atom is -0.356 e. The molecule has 2 unspecified atom stereocenters. The van der Waals surface area contributed by atoms with Crippen LogP contribution in [-0.2, 0) is 21.4 Å². The van der Waals surface area contributed by atoms with E-state index < -0.39 is 10.0 Å². The van der Waals surface area contributed by atoms with Gasteiger partial charge in [0.15, 0.2) is 0 Å². The molecule has 2 atom stereocenters. The Morgan fingerprint density at radius 3 is 2.57 bits per heavy atom. The second-order valence-electron chi connectivity index (χ2n) is 8.91. The van der Waals surface area contributed by atoms with E-state index >= 15 is 0 Å². The number of carbonyl (C=O) groups is 1. The van der Waals surface area contributed by atoms with Gasteiger partial charge < -0.3 is 14.8 Å². The number of fused-ring (bicyclic) bond motifs is 4. The number of rotatable bonds is 6. The molecule has 10 nitrogen and oxygen atoms in total. The zero-order valence-corrected chi connectivity index (χ0v) is 22.1. The highest BCUT2D eigenvalue weighted by Gasteiger charge is 2.35. The Morgan fingerprint density at radius 1 is 1.05 bits per heavy atom. The largest absolute Gasteiger partial charge is 0.356 e. The van der Waals surface area contributed by atoms with Gasteiger partial charge in [-0.05, 0) is 48.7 Å². The van der Waals surface area contributed by atoms with Crippen molar-refractivity contribution in [1.82, 2.24) is 19.4 Å². The first-order valence-electron chi connectivity index (χ1n) is 11.6. The van der Waals surface area contributed by atoms with Gasteiger partial charge in [0, 0.05) is 55.4 Å². The highest BCUT2D eigenvalue weighted by atomic mass is 32.2. The Kier molecular flexibility index (Phi) is 7.26. The molecular formula is C24H24N6O4S3. The van der Waals surface area contributed by atoms with Crippen molar-refractivity contribution in [2.24, 2.45) is 5.92 Å². The predicted octanol–water partition coefficient (Wildman–Crippen LogP) is 2.52. The summed E-state index contributed by atoms with van der Waals surface area (Å²) in [6, 6.07) is 12.8. The van der Waals surface area contributed by atoms with Crippen LogP contribution in [0.15, 0.2) is 70.6 Å². The number of thioether (sulfide) groups is 1. The number of hydrogen-bond donors (Lipinski definition) is 2. The lowest BCUT2D eigenvalue weighted by atomic mass is 9.83. The van der Waals surface area contributed by atoms with Crippen LogP contribution in [0.2, 0.25) is 0 Å². The molecule has 1 amide bonds. The fraction of sp³-hybridized carbons (Fsp3) is 0.292. The lowest BCUT2D eigenvalue weighted by Crippen LogP contribution is -2.48. The monoisotopic (exact) mass is 556 g/mol. The smallest absolute Gasteiger partial charge is 0.264 e. The number of sulfonamides is 1. The fourth-order valence-electron chi connectivity index (χ4n) is 4.71. The van der Waals surface area contributed by atoms with Crippen LogP contribution in [0.5, 0.6) is 0 Å². The molecular weight excluding hydrogens is 533 g/mol. The van der Waals surface area contributed by atoms with Gasteiger partial charge in [0.1, 0.15) is 4.32 Å². The first-order chi connectivity index (χ1) is 17.8. The van der Waals surface area contributed by atoms with Gasteiger partial charge in [-0.2, -0.15) is 0 Å². The number of anilines is 2. The number of nitrogens with one attached hydrogen (secondary N) is 2. The van der Waals surface area contributed by atoms with Crippen LogP contribution in [0.4, 0.5) is 11.6 Å². The number of aromatic nitrogens is 3. The van der Waals surface area contributed by atoms with Gasteiger partial charge in [-0.15, -0.1) is 0 Å². The van der Waals surface area contributed by atoms with E-state index in [4.69, 9.17) is 12.2 Å². The quantitative estimate of drug-likeness (QED) is 0.441. The Balaban J connectivity index is 1.13. The van der Waals surface area contributed by atoms with Crippen LogP contribution >= 0.6 is 24.0 Å². The normalized spacial score (nSPS) is 18.5. The molecule has 2 aliphatic rings. The summed E-state index contributed by atoms with van der Waals surface area (Å²) in [5.41, 5.74) is 1.57. The van der Waals surface area contributed by atoms with Crippen molar-refractivity contribution in [3.8, 4) is 0 Å². The number of likely N-dealkylation sites (tertiary alicyclic amines) is 1. The van der Waals surface area contributed by atoms with E-state index in [2.05, 4.69) is 24.9 Å². The SMILES string of the molecule is O=C(CSC(=S)N1CC2CC(C1)c1cccc(=O)n1C2)Nc1ccc(S(=O)(=O)Nc2ncccn2)cc1. The summed E-state index contributed by atoms with van der Waals surface area (Å²) in [7, 11) is -3.85. The molecule has 1 saturated heterocycles. The number of pyridine rings is 1. The molecule has 1 fully saturated rings. The molecule has 2 N–H and O–H groups in total. The first-order valence-corrected chi connectivity index (χ1v) is 14.5. The van der Waals surface area contributed by atoms with Crippen LogP contribution in [0, 0.1) is 5.92 Å². The molecule has 5 rings (SSSR count). The third-order valence-electron chi connectivity index (χ3n) is 6.30. The molecule has 13 heteroatoms. The number of nitrogens with zero attached hydrogens (tertiary/aromatic N) is 4. The number of carbonyl (C=O) groups excluding carboxylic acids is 1.